The van der Waals surface area contributed by atoms with Crippen molar-refractivity contribution in [1.29, 1.82) is 0 Å². The van der Waals surface area contributed by atoms with E-state index in [-0.39, 0.29) is 29.6 Å². The van der Waals surface area contributed by atoms with Gasteiger partial charge in [0.1, 0.15) is 5.82 Å². The fraction of sp³-hybridized carbons (Fsp3) is 0.444. The average Bonchev–Trinajstić information content (AvgIpc) is 3.43. The minimum Gasteiger partial charge on any atom is -0.376 e. The van der Waals surface area contributed by atoms with Gasteiger partial charge in [0.15, 0.2) is 11.0 Å². The molecule has 0 spiro atoms. The van der Waals surface area contributed by atoms with Gasteiger partial charge >= 0.3 is 6.03 Å². The summed E-state index contributed by atoms with van der Waals surface area (Å²) in [6.45, 7) is 2.13. The Kier molecular flexibility index (Phi) is 5.58. The highest BCUT2D eigenvalue weighted by Gasteiger charge is 2.27. The Hall–Kier alpha value is -2.46. The maximum absolute atomic E-state index is 13.3. The lowest BCUT2D eigenvalue weighted by Gasteiger charge is -2.15. The van der Waals surface area contributed by atoms with Crippen molar-refractivity contribution in [1.82, 2.24) is 25.0 Å². The number of carbonyl (C=O) groups excluding carboxylic acids is 2. The average molecular weight is 405 g/mol. The summed E-state index contributed by atoms with van der Waals surface area (Å²) in [5.41, 5.74) is 0.740. The van der Waals surface area contributed by atoms with E-state index < -0.39 is 0 Å². The Bertz CT molecular complexity index is 867. The molecule has 1 atom stereocenters. The number of ether oxygens (including phenoxy) is 1. The predicted octanol–water partition coefficient (Wildman–Crippen LogP) is 1.91. The molecule has 2 aliphatic heterocycles. The molecule has 1 aromatic carbocycles. The van der Waals surface area contributed by atoms with Crippen molar-refractivity contribution in [2.75, 3.05) is 25.4 Å². The van der Waals surface area contributed by atoms with Crippen LogP contribution in [0.2, 0.25) is 0 Å². The molecular formula is C18H20FN5O3S. The van der Waals surface area contributed by atoms with Crippen LogP contribution in [0.25, 0.3) is 11.4 Å². The number of urea groups is 1. The Morgan fingerprint density at radius 2 is 2.14 bits per heavy atom. The van der Waals surface area contributed by atoms with E-state index in [1.165, 1.54) is 28.8 Å². The number of hydrogen-bond acceptors (Lipinski definition) is 6. The highest BCUT2D eigenvalue weighted by molar-refractivity contribution is 7.99. The third kappa shape index (κ3) is 4.02. The minimum absolute atomic E-state index is 0.0506. The minimum atomic E-state index is -0.363. The van der Waals surface area contributed by atoms with Crippen molar-refractivity contribution in [3.8, 4) is 11.4 Å². The molecule has 1 aromatic heterocycles. The molecule has 2 aromatic rings. The lowest BCUT2D eigenvalue weighted by atomic mass is 10.2. The molecule has 2 aliphatic rings. The summed E-state index contributed by atoms with van der Waals surface area (Å²) >= 11 is 1.23. The van der Waals surface area contributed by atoms with Gasteiger partial charge in [-0.15, -0.1) is 10.2 Å². The number of carbonyl (C=O) groups is 2. The number of benzene rings is 1. The van der Waals surface area contributed by atoms with E-state index >= 15 is 0 Å². The molecule has 8 nitrogen and oxygen atoms in total. The van der Waals surface area contributed by atoms with E-state index in [2.05, 4.69) is 15.5 Å². The van der Waals surface area contributed by atoms with Crippen LogP contribution >= 0.6 is 11.8 Å². The molecule has 3 amide bonds. The zero-order chi connectivity index (χ0) is 19.5. The monoisotopic (exact) mass is 405 g/mol. The van der Waals surface area contributed by atoms with Crippen LogP contribution in [0, 0.1) is 5.82 Å². The topological polar surface area (TPSA) is 89.3 Å². The van der Waals surface area contributed by atoms with Gasteiger partial charge in [0.05, 0.1) is 18.4 Å². The van der Waals surface area contributed by atoms with Crippen molar-refractivity contribution in [2.24, 2.45) is 0 Å². The van der Waals surface area contributed by atoms with E-state index in [9.17, 15) is 14.0 Å². The third-order valence-electron chi connectivity index (χ3n) is 4.71. The van der Waals surface area contributed by atoms with Crippen molar-refractivity contribution in [2.45, 2.75) is 30.6 Å². The van der Waals surface area contributed by atoms with Crippen LogP contribution < -0.4 is 5.32 Å². The first-order chi connectivity index (χ1) is 13.6. The van der Waals surface area contributed by atoms with Crippen LogP contribution in [0.15, 0.2) is 29.4 Å². The number of aromatic nitrogens is 3. The number of nitrogens with zero attached hydrogens (tertiary/aromatic N) is 4. The second-order valence-electron chi connectivity index (χ2n) is 6.62. The van der Waals surface area contributed by atoms with E-state index in [4.69, 9.17) is 4.74 Å². The lowest BCUT2D eigenvalue weighted by molar-refractivity contribution is -0.124. The second kappa shape index (κ2) is 8.27. The Balaban J connectivity index is 1.54. The maximum atomic E-state index is 13.3. The molecule has 28 heavy (non-hydrogen) atoms. The molecule has 1 unspecified atom stereocenters. The highest BCUT2D eigenvalue weighted by atomic mass is 32.2. The van der Waals surface area contributed by atoms with Gasteiger partial charge in [-0.1, -0.05) is 11.8 Å². The Labute approximate surface area is 165 Å². The molecule has 10 heteroatoms. The molecule has 0 aliphatic carbocycles. The van der Waals surface area contributed by atoms with Gasteiger partial charge in [-0.25, -0.2) is 9.18 Å². The molecule has 0 bridgehead atoms. The zero-order valence-electron chi connectivity index (χ0n) is 15.1. The molecule has 3 heterocycles. The smallest absolute Gasteiger partial charge is 0.324 e. The summed E-state index contributed by atoms with van der Waals surface area (Å²) < 4.78 is 20.9. The normalized spacial score (nSPS) is 19.2. The number of nitrogens with one attached hydrogen (secondary N) is 1. The maximum Gasteiger partial charge on any atom is 0.324 e. The van der Waals surface area contributed by atoms with E-state index in [0.29, 0.717) is 30.6 Å². The van der Waals surface area contributed by atoms with Gasteiger partial charge in [0.25, 0.3) is 0 Å². The van der Waals surface area contributed by atoms with Crippen molar-refractivity contribution < 1.29 is 18.7 Å². The second-order valence-corrected chi connectivity index (χ2v) is 7.57. The van der Waals surface area contributed by atoms with Crippen LogP contribution in [0.5, 0.6) is 0 Å². The van der Waals surface area contributed by atoms with E-state index in [0.717, 1.165) is 25.0 Å². The lowest BCUT2D eigenvalue weighted by Crippen LogP contribution is -2.35. The molecule has 1 N–H and O–H groups in total. The fourth-order valence-corrected chi connectivity index (χ4v) is 4.10. The summed E-state index contributed by atoms with van der Waals surface area (Å²) in [6.07, 6.45) is 2.00. The highest BCUT2D eigenvalue weighted by Crippen LogP contribution is 2.27. The number of hydrogen-bond donors (Lipinski definition) is 1. The molecule has 0 saturated carbocycles. The zero-order valence-corrected chi connectivity index (χ0v) is 16.0. The molecule has 4 rings (SSSR count). The summed E-state index contributed by atoms with van der Waals surface area (Å²) in [7, 11) is 0. The van der Waals surface area contributed by atoms with Gasteiger partial charge in [-0.05, 0) is 37.1 Å². The molecule has 2 saturated heterocycles. The van der Waals surface area contributed by atoms with Crippen molar-refractivity contribution in [3.05, 3.63) is 30.1 Å². The van der Waals surface area contributed by atoms with Crippen LogP contribution in [0.1, 0.15) is 12.8 Å². The predicted molar refractivity (Wildman–Crippen MR) is 100 cm³/mol. The standard InChI is InChI=1S/C18H20FN5O3S/c19-13-5-3-12(4-6-13)16-21-22-18(24(16)10-14-2-1-9-27-14)28-11-15(25)23-8-7-20-17(23)26/h3-6,14H,1-2,7-11H2,(H,20,26). The Morgan fingerprint density at radius 3 is 2.82 bits per heavy atom. The van der Waals surface area contributed by atoms with E-state index in [1.807, 2.05) is 4.57 Å². The molecule has 2 fully saturated rings. The summed E-state index contributed by atoms with van der Waals surface area (Å²) in [6, 6.07) is 5.70. The quantitative estimate of drug-likeness (QED) is 0.739. The first-order valence-corrected chi connectivity index (χ1v) is 10.1. The molecule has 0 radical (unpaired) electrons. The number of imide groups is 1. The van der Waals surface area contributed by atoms with Gasteiger partial charge in [-0.2, -0.15) is 0 Å². The fourth-order valence-electron chi connectivity index (χ4n) is 3.28. The summed E-state index contributed by atoms with van der Waals surface area (Å²) in [5, 5.41) is 11.7. The van der Waals surface area contributed by atoms with Crippen LogP contribution in [-0.2, 0) is 16.1 Å². The molecular weight excluding hydrogens is 385 g/mol. The summed E-state index contributed by atoms with van der Waals surface area (Å²) in [4.78, 5) is 25.2. The summed E-state index contributed by atoms with van der Waals surface area (Å²) in [5.74, 6) is 0.0953. The number of halogens is 1. The van der Waals surface area contributed by atoms with Gasteiger partial charge in [-0.3, -0.25) is 14.3 Å². The van der Waals surface area contributed by atoms with Crippen LogP contribution in [0.4, 0.5) is 9.18 Å². The first kappa shape index (κ1) is 18.9. The van der Waals surface area contributed by atoms with Gasteiger partial charge in [0.2, 0.25) is 5.91 Å². The SMILES string of the molecule is O=C(CSc1nnc(-c2ccc(F)cc2)n1CC1CCCO1)N1CCNC1=O. The molecule has 148 valence electrons. The van der Waals surface area contributed by atoms with Crippen LogP contribution in [0.3, 0.4) is 0 Å². The number of rotatable bonds is 6. The first-order valence-electron chi connectivity index (χ1n) is 9.13. The van der Waals surface area contributed by atoms with Crippen molar-refractivity contribution in [3.63, 3.8) is 0 Å². The van der Waals surface area contributed by atoms with Gasteiger partial charge in [0, 0.05) is 25.3 Å². The third-order valence-corrected chi connectivity index (χ3v) is 5.66. The van der Waals surface area contributed by atoms with Crippen molar-refractivity contribution >= 4 is 23.7 Å². The van der Waals surface area contributed by atoms with Crippen LogP contribution in [-0.4, -0.2) is 63.2 Å². The number of thioether (sulfide) groups is 1. The number of amides is 3. The van der Waals surface area contributed by atoms with Gasteiger partial charge < -0.3 is 10.1 Å². The Morgan fingerprint density at radius 1 is 1.32 bits per heavy atom. The largest absolute Gasteiger partial charge is 0.376 e. The van der Waals surface area contributed by atoms with E-state index in [1.54, 1.807) is 12.1 Å².